The fourth-order valence-electron chi connectivity index (χ4n) is 3.97. The largest absolute Gasteiger partial charge is 0.341 e. The minimum Gasteiger partial charge on any atom is -0.341 e. The van der Waals surface area contributed by atoms with E-state index in [0.29, 0.717) is 26.2 Å². The minimum atomic E-state index is -3.33. The number of aromatic nitrogens is 1. The fraction of sp³-hybridized carbons (Fsp3) is 0.647. The summed E-state index contributed by atoms with van der Waals surface area (Å²) in [4.78, 5) is 28.7. The van der Waals surface area contributed by atoms with Crippen LogP contribution >= 0.6 is 0 Å². The summed E-state index contributed by atoms with van der Waals surface area (Å²) in [7, 11) is 0.536. The van der Waals surface area contributed by atoms with Crippen molar-refractivity contribution in [1.82, 2.24) is 14.4 Å². The third-order valence-corrected chi connectivity index (χ3v) is 5.68. The van der Waals surface area contributed by atoms with Crippen molar-refractivity contribution < 1.29 is 13.2 Å². The summed E-state index contributed by atoms with van der Waals surface area (Å²) in [6.07, 6.45) is 2.02. The maximum absolute atomic E-state index is 12.8. The topological polar surface area (TPSA) is 79.7 Å². The van der Waals surface area contributed by atoms with Crippen molar-refractivity contribution in [3.8, 4) is 0 Å². The van der Waals surface area contributed by atoms with E-state index in [1.807, 2.05) is 35.7 Å². The monoisotopic (exact) mass is 367 g/mol. The summed E-state index contributed by atoms with van der Waals surface area (Å²) in [6.45, 7) is 2.20. The van der Waals surface area contributed by atoms with Gasteiger partial charge in [0.25, 0.3) is 5.56 Å². The third kappa shape index (κ3) is 3.95. The van der Waals surface area contributed by atoms with Gasteiger partial charge in [-0.05, 0) is 32.5 Å². The van der Waals surface area contributed by atoms with E-state index in [9.17, 15) is 18.0 Å². The van der Waals surface area contributed by atoms with Crippen molar-refractivity contribution in [3.63, 3.8) is 0 Å². The summed E-state index contributed by atoms with van der Waals surface area (Å²) < 4.78 is 24.7. The number of fused-ring (bicyclic) bond motifs is 4. The van der Waals surface area contributed by atoms with Gasteiger partial charge >= 0.3 is 0 Å². The van der Waals surface area contributed by atoms with Gasteiger partial charge in [-0.2, -0.15) is 0 Å². The number of piperidine rings is 1. The van der Waals surface area contributed by atoms with Gasteiger partial charge in [-0.1, -0.05) is 6.07 Å². The summed E-state index contributed by atoms with van der Waals surface area (Å²) >= 11 is 0. The molecule has 1 saturated heterocycles. The van der Waals surface area contributed by atoms with E-state index in [-0.39, 0.29) is 23.3 Å². The molecule has 2 bridgehead atoms. The van der Waals surface area contributed by atoms with Crippen LogP contribution < -0.4 is 5.56 Å². The Hall–Kier alpha value is -1.67. The highest BCUT2D eigenvalue weighted by atomic mass is 32.2. The number of hydrogen-bond donors (Lipinski definition) is 0. The van der Waals surface area contributed by atoms with Crippen molar-refractivity contribution in [3.05, 3.63) is 33.7 Å². The second-order valence-corrected chi connectivity index (χ2v) is 9.74. The number of likely N-dealkylation sites (tertiary alicyclic amines) is 1. The molecule has 1 aromatic rings. The Morgan fingerprint density at radius 1 is 1.24 bits per heavy atom. The molecular formula is C17H25N3O4S. The molecule has 1 aromatic heterocycles. The Kier molecular flexibility index (Phi) is 4.76. The first-order valence-electron chi connectivity index (χ1n) is 8.47. The van der Waals surface area contributed by atoms with Crippen LogP contribution in [0.2, 0.25) is 0 Å². The third-order valence-electron chi connectivity index (χ3n) is 4.91. The summed E-state index contributed by atoms with van der Waals surface area (Å²) in [5, 5.41) is 0. The first-order valence-corrected chi connectivity index (χ1v) is 10.5. The fourth-order valence-corrected chi connectivity index (χ4v) is 4.60. The lowest BCUT2D eigenvalue weighted by Crippen LogP contribution is -2.50. The molecule has 0 radical (unpaired) electrons. The van der Waals surface area contributed by atoms with Gasteiger partial charge in [0.2, 0.25) is 5.91 Å². The number of pyridine rings is 1. The molecule has 1 fully saturated rings. The molecule has 0 aliphatic carbocycles. The normalized spacial score (nSPS) is 22.8. The molecule has 7 nitrogen and oxygen atoms in total. The Bertz CT molecular complexity index is 844. The Labute approximate surface area is 148 Å². The average Bonchev–Trinajstić information content (AvgIpc) is 2.48. The van der Waals surface area contributed by atoms with Crippen LogP contribution in [0.1, 0.15) is 23.6 Å². The molecule has 138 valence electrons. The lowest BCUT2D eigenvalue weighted by molar-refractivity contribution is -0.131. The molecule has 3 rings (SSSR count). The van der Waals surface area contributed by atoms with Gasteiger partial charge in [0.1, 0.15) is 5.75 Å². The van der Waals surface area contributed by atoms with E-state index in [4.69, 9.17) is 0 Å². The standard InChI is InChI=1S/C17H25N3O4S/c1-18(2)9-13-4-5-15-14-6-12(8-20(15)17(13)22)7-19(10-14)16(21)11-25(3,23)24/h4-5,12,14H,6-11H2,1-3H3/t12-,14+/m0/s1. The lowest BCUT2D eigenvalue weighted by atomic mass is 9.83. The minimum absolute atomic E-state index is 0.0526. The van der Waals surface area contributed by atoms with Crippen LogP contribution in [-0.4, -0.2) is 67.9 Å². The van der Waals surface area contributed by atoms with Gasteiger partial charge in [-0.3, -0.25) is 9.59 Å². The van der Waals surface area contributed by atoms with Crippen LogP contribution in [0.4, 0.5) is 0 Å². The highest BCUT2D eigenvalue weighted by molar-refractivity contribution is 7.91. The number of carbonyl (C=O) groups is 1. The van der Waals surface area contributed by atoms with Crippen LogP contribution in [-0.2, 0) is 27.7 Å². The van der Waals surface area contributed by atoms with Crippen LogP contribution in [0.25, 0.3) is 0 Å². The number of sulfone groups is 1. The smallest absolute Gasteiger partial charge is 0.255 e. The quantitative estimate of drug-likeness (QED) is 0.743. The summed E-state index contributed by atoms with van der Waals surface area (Å²) in [5.74, 6) is -0.488. The van der Waals surface area contributed by atoms with Gasteiger partial charge in [-0.25, -0.2) is 8.42 Å². The number of amides is 1. The van der Waals surface area contributed by atoms with E-state index in [1.54, 1.807) is 4.90 Å². The van der Waals surface area contributed by atoms with Gasteiger partial charge in [0.15, 0.2) is 9.84 Å². The summed E-state index contributed by atoms with van der Waals surface area (Å²) in [6, 6.07) is 3.87. The molecule has 25 heavy (non-hydrogen) atoms. The average molecular weight is 367 g/mol. The molecular weight excluding hydrogens is 342 g/mol. The molecule has 0 spiro atoms. The first-order chi connectivity index (χ1) is 11.6. The van der Waals surface area contributed by atoms with E-state index < -0.39 is 15.6 Å². The molecule has 1 amide bonds. The van der Waals surface area contributed by atoms with Crippen molar-refractivity contribution in [1.29, 1.82) is 0 Å². The summed E-state index contributed by atoms with van der Waals surface area (Å²) in [5.41, 5.74) is 1.79. The predicted molar refractivity (Wildman–Crippen MR) is 95.2 cm³/mol. The highest BCUT2D eigenvalue weighted by Gasteiger charge is 2.37. The second-order valence-electron chi connectivity index (χ2n) is 7.60. The highest BCUT2D eigenvalue weighted by Crippen LogP contribution is 2.35. The molecule has 0 aromatic carbocycles. The first kappa shape index (κ1) is 18.1. The van der Waals surface area contributed by atoms with Crippen LogP contribution in [0.15, 0.2) is 16.9 Å². The van der Waals surface area contributed by atoms with Crippen molar-refractivity contribution >= 4 is 15.7 Å². The van der Waals surface area contributed by atoms with E-state index in [1.165, 1.54) is 0 Å². The maximum atomic E-state index is 12.8. The van der Waals surface area contributed by atoms with Crippen molar-refractivity contribution in [2.75, 3.05) is 39.2 Å². The zero-order valence-corrected chi connectivity index (χ0v) is 15.8. The van der Waals surface area contributed by atoms with Gasteiger partial charge in [-0.15, -0.1) is 0 Å². The van der Waals surface area contributed by atoms with Crippen LogP contribution in [0.5, 0.6) is 0 Å². The maximum Gasteiger partial charge on any atom is 0.255 e. The molecule has 2 aliphatic heterocycles. The number of rotatable bonds is 4. The zero-order valence-electron chi connectivity index (χ0n) is 14.9. The molecule has 8 heteroatoms. The van der Waals surface area contributed by atoms with E-state index in [0.717, 1.165) is 23.9 Å². The molecule has 0 N–H and O–H groups in total. The Morgan fingerprint density at radius 2 is 1.96 bits per heavy atom. The lowest BCUT2D eigenvalue weighted by Gasteiger charge is -2.43. The second kappa shape index (κ2) is 6.57. The van der Waals surface area contributed by atoms with Gasteiger partial charge in [0.05, 0.1) is 0 Å². The number of nitrogens with zero attached hydrogens (tertiary/aromatic N) is 3. The zero-order chi connectivity index (χ0) is 18.4. The van der Waals surface area contributed by atoms with Crippen molar-refractivity contribution in [2.45, 2.75) is 25.4 Å². The van der Waals surface area contributed by atoms with Crippen LogP contribution in [0.3, 0.4) is 0 Å². The number of hydrogen-bond acceptors (Lipinski definition) is 5. The predicted octanol–water partition coefficient (Wildman–Crippen LogP) is -0.0998. The SMILES string of the molecule is CN(C)Cc1ccc2n(c1=O)C[C@H]1C[C@@H]2CN(C(=O)CS(C)(=O)=O)C1. The van der Waals surface area contributed by atoms with Gasteiger partial charge in [0, 0.05) is 49.6 Å². The Balaban J connectivity index is 1.85. The van der Waals surface area contributed by atoms with Gasteiger partial charge < -0.3 is 14.4 Å². The van der Waals surface area contributed by atoms with Crippen molar-refractivity contribution in [2.24, 2.45) is 5.92 Å². The Morgan fingerprint density at radius 3 is 2.60 bits per heavy atom. The molecule has 2 atom stereocenters. The van der Waals surface area contributed by atoms with E-state index in [2.05, 4.69) is 0 Å². The van der Waals surface area contributed by atoms with Crippen LogP contribution in [0, 0.1) is 5.92 Å². The molecule has 3 heterocycles. The number of carbonyl (C=O) groups excluding carboxylic acids is 1. The molecule has 0 saturated carbocycles. The van der Waals surface area contributed by atoms with E-state index >= 15 is 0 Å². The molecule has 2 aliphatic rings. The molecule has 0 unspecified atom stereocenters.